The van der Waals surface area contributed by atoms with Crippen LogP contribution >= 0.6 is 0 Å². The summed E-state index contributed by atoms with van der Waals surface area (Å²) in [6.45, 7) is 4.95. The molecule has 0 N–H and O–H groups in total. The number of ketones is 1. The summed E-state index contributed by atoms with van der Waals surface area (Å²) in [5, 5.41) is 0. The summed E-state index contributed by atoms with van der Waals surface area (Å²) >= 11 is 0. The molecule has 0 aromatic heterocycles. The number of rotatable bonds is 4. The second-order valence-electron chi connectivity index (χ2n) is 5.23. The van der Waals surface area contributed by atoms with E-state index in [0.717, 1.165) is 5.69 Å². The minimum absolute atomic E-state index is 0.0811. The van der Waals surface area contributed by atoms with Crippen molar-refractivity contribution in [2.24, 2.45) is 5.92 Å². The Labute approximate surface area is 123 Å². The van der Waals surface area contributed by atoms with E-state index in [1.165, 1.54) is 19.1 Å². The predicted octanol–water partition coefficient (Wildman–Crippen LogP) is 2.81. The molecule has 1 aromatic rings. The van der Waals surface area contributed by atoms with Crippen molar-refractivity contribution in [2.45, 2.75) is 26.7 Å². The molecule has 1 aliphatic rings. The second kappa shape index (κ2) is 6.70. The van der Waals surface area contributed by atoms with E-state index < -0.39 is 5.82 Å². The molecule has 1 aliphatic heterocycles. The number of carbonyl (C=O) groups excluding carboxylic acids is 2. The molecule has 114 valence electrons. The van der Waals surface area contributed by atoms with Crippen LogP contribution in [0, 0.1) is 11.7 Å². The smallest absolute Gasteiger partial charge is 0.309 e. The molecule has 0 saturated carbocycles. The number of hydrogen-bond donors (Lipinski definition) is 0. The molecule has 0 spiro atoms. The molecular weight excluding hydrogens is 273 g/mol. The van der Waals surface area contributed by atoms with Gasteiger partial charge in [0.1, 0.15) is 5.82 Å². The topological polar surface area (TPSA) is 46.6 Å². The van der Waals surface area contributed by atoms with E-state index >= 15 is 0 Å². The summed E-state index contributed by atoms with van der Waals surface area (Å²) in [4.78, 5) is 25.4. The molecule has 0 aliphatic carbocycles. The minimum atomic E-state index is -0.412. The van der Waals surface area contributed by atoms with Crippen LogP contribution in [0.1, 0.15) is 37.0 Å². The molecular formula is C16H20FNO3. The first-order valence-electron chi connectivity index (χ1n) is 7.25. The molecule has 0 amide bonds. The van der Waals surface area contributed by atoms with Gasteiger partial charge in [-0.2, -0.15) is 0 Å². The molecule has 5 heteroatoms. The fourth-order valence-corrected chi connectivity index (χ4v) is 2.68. The van der Waals surface area contributed by atoms with Crippen LogP contribution in [0.2, 0.25) is 0 Å². The summed E-state index contributed by atoms with van der Waals surface area (Å²) < 4.78 is 18.3. The fraction of sp³-hybridized carbons (Fsp3) is 0.500. The third-order valence-corrected chi connectivity index (χ3v) is 3.79. The van der Waals surface area contributed by atoms with Crippen LogP contribution in [-0.4, -0.2) is 31.4 Å². The van der Waals surface area contributed by atoms with Gasteiger partial charge in [0, 0.05) is 24.3 Å². The Bertz CT molecular complexity index is 536. The highest BCUT2D eigenvalue weighted by atomic mass is 19.1. The van der Waals surface area contributed by atoms with Crippen molar-refractivity contribution in [1.82, 2.24) is 0 Å². The van der Waals surface area contributed by atoms with Crippen molar-refractivity contribution in [3.05, 3.63) is 29.6 Å². The third-order valence-electron chi connectivity index (χ3n) is 3.79. The Hall–Kier alpha value is -1.91. The number of hydrogen-bond acceptors (Lipinski definition) is 4. The summed E-state index contributed by atoms with van der Waals surface area (Å²) in [5.41, 5.74) is 1.13. The SMILES string of the molecule is CCOC(=O)C1CCN(c2ccc(F)cc2C(C)=O)CC1. The maximum absolute atomic E-state index is 13.3. The van der Waals surface area contributed by atoms with Crippen molar-refractivity contribution in [2.75, 3.05) is 24.6 Å². The average molecular weight is 293 g/mol. The molecule has 1 saturated heterocycles. The molecule has 4 nitrogen and oxygen atoms in total. The first-order valence-corrected chi connectivity index (χ1v) is 7.25. The van der Waals surface area contributed by atoms with Gasteiger partial charge >= 0.3 is 5.97 Å². The highest BCUT2D eigenvalue weighted by Crippen LogP contribution is 2.28. The Morgan fingerprint density at radius 3 is 2.57 bits per heavy atom. The summed E-state index contributed by atoms with van der Waals surface area (Å²) in [6.07, 6.45) is 1.38. The lowest BCUT2D eigenvalue weighted by Crippen LogP contribution is -2.37. The third kappa shape index (κ3) is 3.60. The second-order valence-corrected chi connectivity index (χ2v) is 5.23. The molecule has 0 atom stereocenters. The molecule has 1 aromatic carbocycles. The van der Waals surface area contributed by atoms with Crippen LogP contribution in [-0.2, 0) is 9.53 Å². The maximum Gasteiger partial charge on any atom is 0.309 e. The zero-order valence-corrected chi connectivity index (χ0v) is 12.4. The van der Waals surface area contributed by atoms with Gasteiger partial charge in [0.15, 0.2) is 5.78 Å². The van der Waals surface area contributed by atoms with Crippen LogP contribution in [0.3, 0.4) is 0 Å². The Balaban J connectivity index is 2.09. The molecule has 21 heavy (non-hydrogen) atoms. The highest BCUT2D eigenvalue weighted by molar-refractivity contribution is 5.99. The van der Waals surface area contributed by atoms with Crippen LogP contribution in [0.5, 0.6) is 0 Å². The van der Waals surface area contributed by atoms with Crippen molar-refractivity contribution < 1.29 is 18.7 Å². The van der Waals surface area contributed by atoms with Gasteiger partial charge < -0.3 is 9.64 Å². The van der Waals surface area contributed by atoms with Gasteiger partial charge in [-0.1, -0.05) is 0 Å². The summed E-state index contributed by atoms with van der Waals surface area (Å²) in [6, 6.07) is 4.27. The molecule has 1 heterocycles. The lowest BCUT2D eigenvalue weighted by Gasteiger charge is -2.33. The van der Waals surface area contributed by atoms with Gasteiger partial charge in [-0.05, 0) is 44.9 Å². The Morgan fingerprint density at radius 2 is 2.00 bits per heavy atom. The van der Waals surface area contributed by atoms with Gasteiger partial charge in [-0.25, -0.2) is 4.39 Å². The number of esters is 1. The van der Waals surface area contributed by atoms with Crippen molar-refractivity contribution in [1.29, 1.82) is 0 Å². The quantitative estimate of drug-likeness (QED) is 0.632. The lowest BCUT2D eigenvalue weighted by atomic mass is 9.95. The number of piperidine rings is 1. The number of Topliss-reactive ketones (excluding diaryl/α,β-unsaturated/α-hetero) is 1. The van der Waals surface area contributed by atoms with Gasteiger partial charge in [0.05, 0.1) is 12.5 Å². The van der Waals surface area contributed by atoms with Gasteiger partial charge in [-0.3, -0.25) is 9.59 Å². The van der Waals surface area contributed by atoms with Crippen molar-refractivity contribution >= 4 is 17.4 Å². The Morgan fingerprint density at radius 1 is 1.33 bits per heavy atom. The van der Waals surface area contributed by atoms with Crippen LogP contribution in [0.25, 0.3) is 0 Å². The highest BCUT2D eigenvalue weighted by Gasteiger charge is 2.27. The zero-order chi connectivity index (χ0) is 15.4. The minimum Gasteiger partial charge on any atom is -0.466 e. The first-order chi connectivity index (χ1) is 10.0. The van der Waals surface area contributed by atoms with Crippen LogP contribution in [0.15, 0.2) is 18.2 Å². The van der Waals surface area contributed by atoms with E-state index in [2.05, 4.69) is 0 Å². The van der Waals surface area contributed by atoms with Crippen molar-refractivity contribution in [3.8, 4) is 0 Å². The van der Waals surface area contributed by atoms with Gasteiger partial charge in [-0.15, -0.1) is 0 Å². The van der Waals surface area contributed by atoms with Crippen LogP contribution in [0.4, 0.5) is 10.1 Å². The van der Waals surface area contributed by atoms with Gasteiger partial charge in [0.25, 0.3) is 0 Å². The standard InChI is InChI=1S/C16H20FNO3/c1-3-21-16(20)12-6-8-18(9-7-12)15-5-4-13(17)10-14(15)11(2)19/h4-5,10,12H,3,6-9H2,1-2H3. The van der Waals surface area contributed by atoms with E-state index in [1.807, 2.05) is 4.90 Å². The maximum atomic E-state index is 13.3. The normalized spacial score (nSPS) is 15.9. The van der Waals surface area contributed by atoms with Crippen molar-refractivity contribution in [3.63, 3.8) is 0 Å². The molecule has 0 unspecified atom stereocenters. The average Bonchev–Trinajstić information content (AvgIpc) is 2.47. The number of nitrogens with zero attached hydrogens (tertiary/aromatic N) is 1. The van der Waals surface area contributed by atoms with E-state index in [9.17, 15) is 14.0 Å². The monoisotopic (exact) mass is 293 g/mol. The Kier molecular flexibility index (Phi) is 4.94. The number of carbonyl (C=O) groups is 2. The summed E-state index contributed by atoms with van der Waals surface area (Å²) in [7, 11) is 0. The van der Waals surface area contributed by atoms with E-state index in [1.54, 1.807) is 13.0 Å². The fourth-order valence-electron chi connectivity index (χ4n) is 2.68. The van der Waals surface area contributed by atoms with Gasteiger partial charge in [0.2, 0.25) is 0 Å². The first kappa shape index (κ1) is 15.5. The van der Waals surface area contributed by atoms with E-state index in [4.69, 9.17) is 4.74 Å². The van der Waals surface area contributed by atoms with E-state index in [0.29, 0.717) is 38.1 Å². The number of halogens is 1. The predicted molar refractivity (Wildman–Crippen MR) is 78.0 cm³/mol. The zero-order valence-electron chi connectivity index (χ0n) is 12.4. The molecule has 1 fully saturated rings. The van der Waals surface area contributed by atoms with Crippen LogP contribution < -0.4 is 4.90 Å². The lowest BCUT2D eigenvalue weighted by molar-refractivity contribution is -0.148. The molecule has 2 rings (SSSR count). The molecule has 0 radical (unpaired) electrons. The van der Waals surface area contributed by atoms with E-state index in [-0.39, 0.29) is 17.7 Å². The number of anilines is 1. The summed E-state index contributed by atoms with van der Waals surface area (Å²) in [5.74, 6) is -0.798. The number of ether oxygens (including phenoxy) is 1. The molecule has 0 bridgehead atoms. The number of benzene rings is 1. The largest absolute Gasteiger partial charge is 0.466 e.